The van der Waals surface area contributed by atoms with Crippen LogP contribution in [0.25, 0.3) is 0 Å². The zero-order valence-corrected chi connectivity index (χ0v) is 9.06. The zero-order chi connectivity index (χ0) is 11.3. The highest BCUT2D eigenvalue weighted by molar-refractivity contribution is 5.95. The Morgan fingerprint density at radius 2 is 2.20 bits per heavy atom. The summed E-state index contributed by atoms with van der Waals surface area (Å²) in [7, 11) is 3.29. The highest BCUT2D eigenvalue weighted by Crippen LogP contribution is 2.19. The number of methoxy groups -OCH3 is 1. The van der Waals surface area contributed by atoms with Crippen molar-refractivity contribution in [1.82, 2.24) is 0 Å². The van der Waals surface area contributed by atoms with Crippen molar-refractivity contribution in [3.63, 3.8) is 0 Å². The van der Waals surface area contributed by atoms with Crippen molar-refractivity contribution in [2.45, 2.75) is 0 Å². The Kier molecular flexibility index (Phi) is 3.92. The Labute approximate surface area is 90.0 Å². The average molecular weight is 205 g/mol. The first-order valence-electron chi connectivity index (χ1n) is 4.70. The van der Waals surface area contributed by atoms with Crippen LogP contribution in [0.15, 0.2) is 36.9 Å². The number of hydrogen-bond acceptors (Lipinski definition) is 3. The molecule has 80 valence electrons. The van der Waals surface area contributed by atoms with Crippen molar-refractivity contribution in [2.24, 2.45) is 0 Å². The number of para-hydroxylation sites is 1. The maximum atomic E-state index is 11.5. The van der Waals surface area contributed by atoms with Gasteiger partial charge >= 0.3 is 5.97 Å². The van der Waals surface area contributed by atoms with Crippen LogP contribution in [0.4, 0.5) is 5.69 Å². The fourth-order valence-corrected chi connectivity index (χ4v) is 1.38. The highest BCUT2D eigenvalue weighted by atomic mass is 16.5. The molecule has 3 heteroatoms. The van der Waals surface area contributed by atoms with Gasteiger partial charge in [-0.3, -0.25) is 0 Å². The van der Waals surface area contributed by atoms with E-state index in [0.29, 0.717) is 12.1 Å². The second kappa shape index (κ2) is 5.20. The van der Waals surface area contributed by atoms with Gasteiger partial charge in [0.25, 0.3) is 0 Å². The fourth-order valence-electron chi connectivity index (χ4n) is 1.38. The van der Waals surface area contributed by atoms with Gasteiger partial charge in [0.15, 0.2) is 0 Å². The van der Waals surface area contributed by atoms with Crippen LogP contribution in [0.5, 0.6) is 0 Å². The molecule has 15 heavy (non-hydrogen) atoms. The normalized spacial score (nSPS) is 9.47. The third-order valence-corrected chi connectivity index (χ3v) is 2.12. The highest BCUT2D eigenvalue weighted by Gasteiger charge is 2.12. The molecule has 0 radical (unpaired) electrons. The number of likely N-dealkylation sites (N-methyl/N-ethyl adjacent to an activating group) is 1. The molecule has 0 aliphatic rings. The summed E-state index contributed by atoms with van der Waals surface area (Å²) in [5.74, 6) is -0.318. The molecule has 0 saturated carbocycles. The minimum atomic E-state index is -0.318. The minimum Gasteiger partial charge on any atom is -0.465 e. The number of carbonyl (C=O) groups is 1. The van der Waals surface area contributed by atoms with E-state index >= 15 is 0 Å². The summed E-state index contributed by atoms with van der Waals surface area (Å²) in [6.45, 7) is 4.35. The van der Waals surface area contributed by atoms with Crippen LogP contribution in [-0.2, 0) is 4.74 Å². The van der Waals surface area contributed by atoms with Gasteiger partial charge in [0.2, 0.25) is 0 Å². The molecule has 0 unspecified atom stereocenters. The average Bonchev–Trinajstić information content (AvgIpc) is 2.28. The molecule has 0 aromatic heterocycles. The Morgan fingerprint density at radius 1 is 1.53 bits per heavy atom. The molecule has 0 aliphatic carbocycles. The molecule has 0 heterocycles. The van der Waals surface area contributed by atoms with Gasteiger partial charge in [-0.15, -0.1) is 6.58 Å². The summed E-state index contributed by atoms with van der Waals surface area (Å²) >= 11 is 0. The number of ether oxygens (including phenoxy) is 1. The van der Waals surface area contributed by atoms with Crippen LogP contribution < -0.4 is 4.90 Å². The predicted molar refractivity (Wildman–Crippen MR) is 61.2 cm³/mol. The molecule has 0 bridgehead atoms. The first-order valence-corrected chi connectivity index (χ1v) is 4.70. The van der Waals surface area contributed by atoms with E-state index in [1.807, 2.05) is 30.1 Å². The van der Waals surface area contributed by atoms with Gasteiger partial charge in [-0.05, 0) is 12.1 Å². The quantitative estimate of drug-likeness (QED) is 0.557. The molecule has 1 aromatic rings. The van der Waals surface area contributed by atoms with E-state index < -0.39 is 0 Å². The van der Waals surface area contributed by atoms with Crippen molar-refractivity contribution >= 4 is 11.7 Å². The van der Waals surface area contributed by atoms with Crippen LogP contribution in [0, 0.1) is 0 Å². The second-order valence-corrected chi connectivity index (χ2v) is 3.18. The van der Waals surface area contributed by atoms with Crippen LogP contribution in [0.1, 0.15) is 10.4 Å². The van der Waals surface area contributed by atoms with Crippen LogP contribution in [-0.4, -0.2) is 26.7 Å². The van der Waals surface area contributed by atoms with E-state index in [2.05, 4.69) is 6.58 Å². The third kappa shape index (κ3) is 2.59. The molecule has 3 nitrogen and oxygen atoms in total. The molecule has 1 rings (SSSR count). The number of rotatable bonds is 4. The minimum absolute atomic E-state index is 0.318. The first kappa shape index (κ1) is 11.3. The molecule has 1 aromatic carbocycles. The van der Waals surface area contributed by atoms with Crippen LogP contribution in [0.3, 0.4) is 0 Å². The van der Waals surface area contributed by atoms with Crippen LogP contribution >= 0.6 is 0 Å². The summed E-state index contributed by atoms with van der Waals surface area (Å²) in [6.07, 6.45) is 1.79. The summed E-state index contributed by atoms with van der Waals surface area (Å²) in [5.41, 5.74) is 1.42. The summed E-state index contributed by atoms with van der Waals surface area (Å²) < 4.78 is 4.71. The van der Waals surface area contributed by atoms with Gasteiger partial charge in [-0.25, -0.2) is 4.79 Å². The summed E-state index contributed by atoms with van der Waals surface area (Å²) in [5, 5.41) is 0. The lowest BCUT2D eigenvalue weighted by molar-refractivity contribution is 0.0601. The van der Waals surface area contributed by atoms with Gasteiger partial charge < -0.3 is 9.64 Å². The smallest absolute Gasteiger partial charge is 0.339 e. The standard InChI is InChI=1S/C12H15NO2/c1-4-9-13(2)11-8-6-5-7-10(11)12(14)15-3/h4-8H,1,9H2,2-3H3. The molecule has 0 fully saturated rings. The van der Waals surface area contributed by atoms with Crippen molar-refractivity contribution in [1.29, 1.82) is 0 Å². The Hall–Kier alpha value is -1.77. The van der Waals surface area contributed by atoms with Crippen molar-refractivity contribution < 1.29 is 9.53 Å². The van der Waals surface area contributed by atoms with Crippen molar-refractivity contribution in [3.05, 3.63) is 42.5 Å². The van der Waals surface area contributed by atoms with Gasteiger partial charge in [0, 0.05) is 13.6 Å². The number of hydrogen-bond donors (Lipinski definition) is 0. The second-order valence-electron chi connectivity index (χ2n) is 3.18. The monoisotopic (exact) mass is 205 g/mol. The van der Waals surface area contributed by atoms with Gasteiger partial charge in [0.1, 0.15) is 0 Å². The van der Waals surface area contributed by atoms with Gasteiger partial charge in [-0.2, -0.15) is 0 Å². The fraction of sp³-hybridized carbons (Fsp3) is 0.250. The molecule has 0 amide bonds. The Bertz CT molecular complexity index is 360. The van der Waals surface area contributed by atoms with E-state index in [9.17, 15) is 4.79 Å². The number of esters is 1. The predicted octanol–water partition coefficient (Wildman–Crippen LogP) is 2.10. The largest absolute Gasteiger partial charge is 0.465 e. The number of anilines is 1. The van der Waals surface area contributed by atoms with Crippen LogP contribution in [0.2, 0.25) is 0 Å². The lowest BCUT2D eigenvalue weighted by Crippen LogP contribution is -2.20. The lowest BCUT2D eigenvalue weighted by atomic mass is 10.1. The van der Waals surface area contributed by atoms with Gasteiger partial charge in [0.05, 0.1) is 18.4 Å². The van der Waals surface area contributed by atoms with Gasteiger partial charge in [-0.1, -0.05) is 18.2 Å². The topological polar surface area (TPSA) is 29.5 Å². The van der Waals surface area contributed by atoms with Crippen molar-refractivity contribution in [2.75, 3.05) is 25.6 Å². The number of nitrogens with zero attached hydrogens (tertiary/aromatic N) is 1. The zero-order valence-electron chi connectivity index (χ0n) is 9.06. The number of carbonyl (C=O) groups excluding carboxylic acids is 1. The molecule has 0 saturated heterocycles. The summed E-state index contributed by atoms with van der Waals surface area (Å²) in [6, 6.07) is 7.34. The molecule has 0 aliphatic heterocycles. The van der Waals surface area contributed by atoms with E-state index in [4.69, 9.17) is 4.74 Å². The van der Waals surface area contributed by atoms with E-state index in [1.165, 1.54) is 7.11 Å². The molecular formula is C12H15NO2. The van der Waals surface area contributed by atoms with E-state index in [1.54, 1.807) is 12.1 Å². The molecule has 0 atom stereocenters. The maximum Gasteiger partial charge on any atom is 0.339 e. The molecule has 0 spiro atoms. The molecule has 0 N–H and O–H groups in total. The SMILES string of the molecule is C=CCN(C)c1ccccc1C(=O)OC. The Morgan fingerprint density at radius 3 is 2.80 bits per heavy atom. The third-order valence-electron chi connectivity index (χ3n) is 2.12. The number of benzene rings is 1. The lowest BCUT2D eigenvalue weighted by Gasteiger charge is -2.19. The van der Waals surface area contributed by atoms with E-state index in [-0.39, 0.29) is 5.97 Å². The summed E-state index contributed by atoms with van der Waals surface area (Å²) in [4.78, 5) is 13.4. The molecular weight excluding hydrogens is 190 g/mol. The first-order chi connectivity index (χ1) is 7.20. The van der Waals surface area contributed by atoms with Crippen molar-refractivity contribution in [3.8, 4) is 0 Å². The Balaban J connectivity index is 3.05. The van der Waals surface area contributed by atoms with E-state index in [0.717, 1.165) is 5.69 Å². The maximum absolute atomic E-state index is 11.5.